The van der Waals surface area contributed by atoms with E-state index < -0.39 is 0 Å². The summed E-state index contributed by atoms with van der Waals surface area (Å²) >= 11 is 0. The topological polar surface area (TPSA) is 56.5 Å². The van der Waals surface area contributed by atoms with Crippen LogP contribution in [-0.4, -0.2) is 37.4 Å². The van der Waals surface area contributed by atoms with E-state index in [1.54, 1.807) is 6.20 Å². The van der Waals surface area contributed by atoms with Crippen molar-refractivity contribution in [2.45, 2.75) is 38.8 Å². The first-order valence-electron chi connectivity index (χ1n) is 6.63. The molecule has 5 nitrogen and oxygen atoms in total. The standard InChI is InChI=1S/C13H22N2O3/c1-10(2)14-5-3-4-13-15-8-11(18-13)12-9-16-6-7-17-12/h8,10,12,14H,3-7,9H2,1-2H3. The smallest absolute Gasteiger partial charge is 0.194 e. The van der Waals surface area contributed by atoms with Crippen molar-refractivity contribution in [3.05, 3.63) is 17.8 Å². The van der Waals surface area contributed by atoms with Crippen LogP contribution < -0.4 is 5.32 Å². The molecule has 1 aliphatic rings. The summed E-state index contributed by atoms with van der Waals surface area (Å²) in [7, 11) is 0. The number of ether oxygens (including phenoxy) is 2. The molecule has 18 heavy (non-hydrogen) atoms. The van der Waals surface area contributed by atoms with Gasteiger partial charge in [0.2, 0.25) is 0 Å². The lowest BCUT2D eigenvalue weighted by Crippen LogP contribution is -2.23. The second-order valence-corrected chi connectivity index (χ2v) is 4.80. The number of aromatic nitrogens is 1. The Balaban J connectivity index is 1.75. The van der Waals surface area contributed by atoms with Crippen LogP contribution in [0, 0.1) is 0 Å². The monoisotopic (exact) mass is 254 g/mol. The summed E-state index contributed by atoms with van der Waals surface area (Å²) in [6.07, 6.45) is 3.55. The van der Waals surface area contributed by atoms with Gasteiger partial charge in [-0.05, 0) is 13.0 Å². The highest BCUT2D eigenvalue weighted by Gasteiger charge is 2.20. The summed E-state index contributed by atoms with van der Waals surface area (Å²) in [5.41, 5.74) is 0. The molecule has 0 radical (unpaired) electrons. The molecule has 1 atom stereocenters. The Kier molecular flexibility index (Phi) is 5.16. The van der Waals surface area contributed by atoms with E-state index in [2.05, 4.69) is 24.1 Å². The Morgan fingerprint density at radius 2 is 2.33 bits per heavy atom. The van der Waals surface area contributed by atoms with Crippen molar-refractivity contribution in [3.8, 4) is 0 Å². The van der Waals surface area contributed by atoms with Crippen LogP contribution in [0.15, 0.2) is 10.6 Å². The van der Waals surface area contributed by atoms with Gasteiger partial charge in [0.1, 0.15) is 6.10 Å². The first kappa shape index (κ1) is 13.5. The molecular formula is C13H22N2O3. The first-order valence-corrected chi connectivity index (χ1v) is 6.63. The molecule has 1 unspecified atom stereocenters. The van der Waals surface area contributed by atoms with E-state index in [9.17, 15) is 0 Å². The van der Waals surface area contributed by atoms with Crippen molar-refractivity contribution in [2.75, 3.05) is 26.4 Å². The maximum Gasteiger partial charge on any atom is 0.194 e. The molecule has 0 aromatic carbocycles. The van der Waals surface area contributed by atoms with Crippen LogP contribution in [0.5, 0.6) is 0 Å². The summed E-state index contributed by atoms with van der Waals surface area (Å²) in [5, 5.41) is 3.37. The van der Waals surface area contributed by atoms with E-state index >= 15 is 0 Å². The van der Waals surface area contributed by atoms with Crippen molar-refractivity contribution < 1.29 is 13.9 Å². The van der Waals surface area contributed by atoms with Crippen molar-refractivity contribution in [1.82, 2.24) is 10.3 Å². The van der Waals surface area contributed by atoms with Crippen molar-refractivity contribution >= 4 is 0 Å². The molecule has 2 heterocycles. The van der Waals surface area contributed by atoms with Gasteiger partial charge in [0.15, 0.2) is 11.7 Å². The Morgan fingerprint density at radius 1 is 1.44 bits per heavy atom. The van der Waals surface area contributed by atoms with Crippen LogP contribution in [0.1, 0.15) is 38.0 Å². The SMILES string of the molecule is CC(C)NCCCc1ncc(C2COCCO2)o1. The molecule has 1 saturated heterocycles. The van der Waals surface area contributed by atoms with Gasteiger partial charge in [0, 0.05) is 12.5 Å². The maximum absolute atomic E-state index is 5.69. The van der Waals surface area contributed by atoms with Gasteiger partial charge in [0.05, 0.1) is 26.0 Å². The second kappa shape index (κ2) is 6.87. The van der Waals surface area contributed by atoms with E-state index in [0.29, 0.717) is 25.9 Å². The minimum absolute atomic E-state index is 0.0891. The maximum atomic E-state index is 5.69. The highest BCUT2D eigenvalue weighted by Crippen LogP contribution is 2.21. The van der Waals surface area contributed by atoms with E-state index in [1.165, 1.54) is 0 Å². The fourth-order valence-corrected chi connectivity index (χ4v) is 1.87. The minimum atomic E-state index is -0.0891. The zero-order valence-corrected chi connectivity index (χ0v) is 11.1. The number of nitrogens with zero attached hydrogens (tertiary/aromatic N) is 1. The Bertz CT molecular complexity index is 346. The Hall–Kier alpha value is -0.910. The number of hydrogen-bond acceptors (Lipinski definition) is 5. The third-order valence-corrected chi connectivity index (χ3v) is 2.82. The molecule has 0 aliphatic carbocycles. The average Bonchev–Trinajstić information content (AvgIpc) is 2.84. The quantitative estimate of drug-likeness (QED) is 0.783. The molecule has 0 bridgehead atoms. The fraction of sp³-hybridized carbons (Fsp3) is 0.769. The zero-order chi connectivity index (χ0) is 12.8. The van der Waals surface area contributed by atoms with Crippen LogP contribution in [0.4, 0.5) is 0 Å². The summed E-state index contributed by atoms with van der Waals surface area (Å²) in [5.74, 6) is 1.56. The lowest BCUT2D eigenvalue weighted by Gasteiger charge is -2.20. The van der Waals surface area contributed by atoms with Gasteiger partial charge in [-0.1, -0.05) is 13.8 Å². The molecule has 1 N–H and O–H groups in total. The van der Waals surface area contributed by atoms with Gasteiger partial charge in [0.25, 0.3) is 0 Å². The molecule has 1 fully saturated rings. The normalized spacial score (nSPS) is 20.5. The van der Waals surface area contributed by atoms with Crippen molar-refractivity contribution in [3.63, 3.8) is 0 Å². The molecule has 0 amide bonds. The predicted octanol–water partition coefficient (Wildman–Crippen LogP) is 1.69. The van der Waals surface area contributed by atoms with Crippen LogP contribution in [0.2, 0.25) is 0 Å². The largest absolute Gasteiger partial charge is 0.443 e. The highest BCUT2D eigenvalue weighted by atomic mass is 16.6. The van der Waals surface area contributed by atoms with Gasteiger partial charge in [-0.25, -0.2) is 4.98 Å². The number of aryl methyl sites for hydroxylation is 1. The molecule has 102 valence electrons. The lowest BCUT2D eigenvalue weighted by atomic mass is 10.3. The van der Waals surface area contributed by atoms with E-state index in [4.69, 9.17) is 13.9 Å². The highest BCUT2D eigenvalue weighted by molar-refractivity contribution is 4.99. The van der Waals surface area contributed by atoms with E-state index in [1.807, 2.05) is 0 Å². The predicted molar refractivity (Wildman–Crippen MR) is 67.5 cm³/mol. The molecule has 1 aromatic heterocycles. The molecule has 5 heteroatoms. The van der Waals surface area contributed by atoms with Gasteiger partial charge < -0.3 is 19.2 Å². The first-order chi connectivity index (χ1) is 8.75. The fourth-order valence-electron chi connectivity index (χ4n) is 1.87. The van der Waals surface area contributed by atoms with Crippen molar-refractivity contribution in [2.24, 2.45) is 0 Å². The van der Waals surface area contributed by atoms with Gasteiger partial charge >= 0.3 is 0 Å². The molecule has 0 spiro atoms. The third kappa shape index (κ3) is 4.08. The summed E-state index contributed by atoms with van der Waals surface area (Å²) in [6, 6.07) is 0.526. The molecular weight excluding hydrogens is 232 g/mol. The van der Waals surface area contributed by atoms with Gasteiger partial charge in [-0.3, -0.25) is 0 Å². The molecule has 0 saturated carbocycles. The zero-order valence-electron chi connectivity index (χ0n) is 11.1. The second-order valence-electron chi connectivity index (χ2n) is 4.80. The lowest BCUT2D eigenvalue weighted by molar-refractivity contribution is -0.0978. The molecule has 2 rings (SSSR count). The van der Waals surface area contributed by atoms with Gasteiger partial charge in [-0.2, -0.15) is 0 Å². The summed E-state index contributed by atoms with van der Waals surface area (Å²) < 4.78 is 16.6. The molecule has 1 aliphatic heterocycles. The summed E-state index contributed by atoms with van der Waals surface area (Å²) in [4.78, 5) is 4.28. The minimum Gasteiger partial charge on any atom is -0.443 e. The average molecular weight is 254 g/mol. The number of hydrogen-bond donors (Lipinski definition) is 1. The number of nitrogens with one attached hydrogen (secondary N) is 1. The van der Waals surface area contributed by atoms with Crippen molar-refractivity contribution in [1.29, 1.82) is 0 Å². The molecule has 1 aromatic rings. The number of oxazole rings is 1. The number of rotatable bonds is 6. The van der Waals surface area contributed by atoms with Crippen LogP contribution in [0.25, 0.3) is 0 Å². The Labute approximate surface area is 108 Å². The van der Waals surface area contributed by atoms with Crippen LogP contribution in [0.3, 0.4) is 0 Å². The third-order valence-electron chi connectivity index (χ3n) is 2.82. The van der Waals surface area contributed by atoms with Gasteiger partial charge in [-0.15, -0.1) is 0 Å². The Morgan fingerprint density at radius 3 is 3.06 bits per heavy atom. The van der Waals surface area contributed by atoms with E-state index in [-0.39, 0.29) is 6.10 Å². The summed E-state index contributed by atoms with van der Waals surface area (Å²) in [6.45, 7) is 7.12. The van der Waals surface area contributed by atoms with Crippen LogP contribution in [-0.2, 0) is 15.9 Å². The van der Waals surface area contributed by atoms with E-state index in [0.717, 1.165) is 31.0 Å². The van der Waals surface area contributed by atoms with Crippen LogP contribution >= 0.6 is 0 Å².